The first-order chi connectivity index (χ1) is 8.17. The highest BCUT2D eigenvalue weighted by Crippen LogP contribution is 2.20. The smallest absolute Gasteiger partial charge is 0.339 e. The summed E-state index contributed by atoms with van der Waals surface area (Å²) in [5.41, 5.74) is 1.30. The number of hydrogen-bond donors (Lipinski definition) is 0. The van der Waals surface area contributed by atoms with E-state index < -0.39 is 0 Å². The van der Waals surface area contributed by atoms with Crippen LogP contribution < -0.4 is 0 Å². The number of halogens is 1. The largest absolute Gasteiger partial charge is 0.465 e. The summed E-state index contributed by atoms with van der Waals surface area (Å²) in [7, 11) is 1.36. The lowest BCUT2D eigenvalue weighted by Crippen LogP contribution is -2.04. The SMILES string of the molecule is CCCc1nc(Cl)c2ccc(C(=O)OC)cn12. The van der Waals surface area contributed by atoms with Gasteiger partial charge in [0, 0.05) is 12.6 Å². The number of ether oxygens (including phenoxy) is 1. The van der Waals surface area contributed by atoms with Crippen LogP contribution >= 0.6 is 11.6 Å². The average Bonchev–Trinajstić information content (AvgIpc) is 2.65. The van der Waals surface area contributed by atoms with Crippen molar-refractivity contribution >= 4 is 23.1 Å². The van der Waals surface area contributed by atoms with Gasteiger partial charge in [-0.25, -0.2) is 9.78 Å². The Hall–Kier alpha value is -1.55. The predicted molar refractivity (Wildman–Crippen MR) is 65.5 cm³/mol. The van der Waals surface area contributed by atoms with Gasteiger partial charge in [0.2, 0.25) is 0 Å². The van der Waals surface area contributed by atoms with Crippen molar-refractivity contribution in [1.29, 1.82) is 0 Å². The van der Waals surface area contributed by atoms with Gasteiger partial charge >= 0.3 is 5.97 Å². The molecule has 0 atom stereocenters. The van der Waals surface area contributed by atoms with E-state index in [-0.39, 0.29) is 5.97 Å². The van der Waals surface area contributed by atoms with Crippen LogP contribution in [-0.2, 0) is 11.2 Å². The number of methoxy groups -OCH3 is 1. The lowest BCUT2D eigenvalue weighted by molar-refractivity contribution is 0.0600. The molecule has 0 bridgehead atoms. The normalized spacial score (nSPS) is 10.8. The molecule has 2 heterocycles. The summed E-state index contributed by atoms with van der Waals surface area (Å²) in [6.07, 6.45) is 3.50. The topological polar surface area (TPSA) is 43.6 Å². The third kappa shape index (κ3) is 2.13. The quantitative estimate of drug-likeness (QED) is 0.789. The molecule has 4 nitrogen and oxygen atoms in total. The van der Waals surface area contributed by atoms with Crippen molar-refractivity contribution in [2.45, 2.75) is 19.8 Å². The molecule has 0 saturated heterocycles. The van der Waals surface area contributed by atoms with Gasteiger partial charge in [0.25, 0.3) is 0 Å². The molecule has 0 saturated carbocycles. The average molecular weight is 253 g/mol. The van der Waals surface area contributed by atoms with E-state index in [9.17, 15) is 4.79 Å². The molecule has 90 valence electrons. The number of aromatic nitrogens is 2. The molecule has 0 N–H and O–H groups in total. The van der Waals surface area contributed by atoms with Crippen molar-refractivity contribution in [1.82, 2.24) is 9.38 Å². The van der Waals surface area contributed by atoms with Gasteiger partial charge in [-0.2, -0.15) is 0 Å². The number of rotatable bonds is 3. The summed E-state index contributed by atoms with van der Waals surface area (Å²) in [6.45, 7) is 2.07. The number of nitrogens with zero attached hydrogens (tertiary/aromatic N) is 2. The van der Waals surface area contributed by atoms with Crippen LogP contribution in [0.5, 0.6) is 0 Å². The molecule has 0 aliphatic carbocycles. The van der Waals surface area contributed by atoms with Crippen molar-refractivity contribution in [2.24, 2.45) is 0 Å². The first-order valence-corrected chi connectivity index (χ1v) is 5.80. The van der Waals surface area contributed by atoms with Gasteiger partial charge in [0.05, 0.1) is 18.2 Å². The van der Waals surface area contributed by atoms with E-state index in [0.29, 0.717) is 10.7 Å². The standard InChI is InChI=1S/C12H13ClN2O2/c1-3-4-10-14-11(13)9-6-5-8(7-15(9)10)12(16)17-2/h5-7H,3-4H2,1-2H3. The second kappa shape index (κ2) is 4.75. The van der Waals surface area contributed by atoms with Crippen LogP contribution in [0, 0.1) is 0 Å². The summed E-state index contributed by atoms with van der Waals surface area (Å²) in [6, 6.07) is 3.46. The zero-order valence-corrected chi connectivity index (χ0v) is 10.5. The molecule has 2 rings (SSSR count). The Morgan fingerprint density at radius 1 is 1.53 bits per heavy atom. The van der Waals surface area contributed by atoms with Gasteiger partial charge in [-0.3, -0.25) is 0 Å². The van der Waals surface area contributed by atoms with Crippen molar-refractivity contribution in [2.75, 3.05) is 7.11 Å². The highest BCUT2D eigenvalue weighted by atomic mass is 35.5. The lowest BCUT2D eigenvalue weighted by Gasteiger charge is -2.02. The second-order valence-corrected chi connectivity index (χ2v) is 4.09. The summed E-state index contributed by atoms with van der Waals surface area (Å²) >= 11 is 6.03. The van der Waals surface area contributed by atoms with E-state index in [1.54, 1.807) is 18.3 Å². The van der Waals surface area contributed by atoms with Crippen molar-refractivity contribution in [3.05, 3.63) is 34.9 Å². The Balaban J connectivity index is 2.57. The van der Waals surface area contributed by atoms with Crippen LogP contribution in [0.25, 0.3) is 5.52 Å². The maximum Gasteiger partial charge on any atom is 0.339 e. The molecule has 17 heavy (non-hydrogen) atoms. The number of carbonyl (C=O) groups is 1. The highest BCUT2D eigenvalue weighted by molar-refractivity contribution is 6.32. The van der Waals surface area contributed by atoms with E-state index in [4.69, 9.17) is 11.6 Å². The first kappa shape index (κ1) is 11.9. The number of carbonyl (C=O) groups excluding carboxylic acids is 1. The Morgan fingerprint density at radius 2 is 2.29 bits per heavy atom. The Kier molecular flexibility index (Phi) is 3.33. The molecular formula is C12H13ClN2O2. The number of hydrogen-bond acceptors (Lipinski definition) is 3. The Morgan fingerprint density at radius 3 is 2.94 bits per heavy atom. The van der Waals surface area contributed by atoms with E-state index in [0.717, 1.165) is 24.2 Å². The minimum absolute atomic E-state index is 0.362. The number of pyridine rings is 1. The van der Waals surface area contributed by atoms with Crippen molar-refractivity contribution in [3.63, 3.8) is 0 Å². The van der Waals surface area contributed by atoms with E-state index in [2.05, 4.69) is 16.6 Å². The Bertz CT molecular complexity index is 563. The fourth-order valence-electron chi connectivity index (χ4n) is 1.75. The molecule has 0 spiro atoms. The third-order valence-electron chi connectivity index (χ3n) is 2.56. The number of fused-ring (bicyclic) bond motifs is 1. The van der Waals surface area contributed by atoms with Gasteiger partial charge in [-0.05, 0) is 18.6 Å². The second-order valence-electron chi connectivity index (χ2n) is 3.73. The van der Waals surface area contributed by atoms with Gasteiger partial charge < -0.3 is 9.14 Å². The fraction of sp³-hybridized carbons (Fsp3) is 0.333. The van der Waals surface area contributed by atoms with Crippen molar-refractivity contribution < 1.29 is 9.53 Å². The molecule has 0 unspecified atom stereocenters. The maximum absolute atomic E-state index is 11.4. The van der Waals surface area contributed by atoms with Crippen molar-refractivity contribution in [3.8, 4) is 0 Å². The third-order valence-corrected chi connectivity index (χ3v) is 2.84. The number of esters is 1. The van der Waals surface area contributed by atoms with Crippen LogP contribution in [0.2, 0.25) is 5.15 Å². The van der Waals surface area contributed by atoms with E-state index in [1.807, 2.05) is 4.40 Å². The molecular weight excluding hydrogens is 240 g/mol. The lowest BCUT2D eigenvalue weighted by atomic mass is 10.2. The van der Waals surface area contributed by atoms with Gasteiger partial charge in [0.1, 0.15) is 5.82 Å². The van der Waals surface area contributed by atoms with Crippen LogP contribution in [0.15, 0.2) is 18.3 Å². The van der Waals surface area contributed by atoms with Crippen LogP contribution in [-0.4, -0.2) is 22.5 Å². The van der Waals surface area contributed by atoms with Crippen LogP contribution in [0.3, 0.4) is 0 Å². The molecule has 5 heteroatoms. The highest BCUT2D eigenvalue weighted by Gasteiger charge is 2.12. The molecule has 2 aromatic heterocycles. The Labute approximate surface area is 104 Å². The van der Waals surface area contributed by atoms with Gasteiger partial charge in [-0.1, -0.05) is 18.5 Å². The molecule has 0 aliphatic rings. The zero-order valence-electron chi connectivity index (χ0n) is 9.74. The zero-order chi connectivity index (χ0) is 12.4. The minimum atomic E-state index is -0.362. The molecule has 2 aromatic rings. The number of aryl methyl sites for hydroxylation is 1. The summed E-state index contributed by atoms with van der Waals surface area (Å²) in [5, 5.41) is 0.463. The van der Waals surface area contributed by atoms with Gasteiger partial charge in [-0.15, -0.1) is 0 Å². The summed E-state index contributed by atoms with van der Waals surface area (Å²) in [4.78, 5) is 15.7. The van der Waals surface area contributed by atoms with Crippen LogP contribution in [0.1, 0.15) is 29.5 Å². The first-order valence-electron chi connectivity index (χ1n) is 5.42. The summed E-state index contributed by atoms with van der Waals surface area (Å²) in [5.74, 6) is 0.498. The molecule has 0 fully saturated rings. The number of imidazole rings is 1. The van der Waals surface area contributed by atoms with Crippen LogP contribution in [0.4, 0.5) is 0 Å². The van der Waals surface area contributed by atoms with Gasteiger partial charge in [0.15, 0.2) is 5.15 Å². The monoisotopic (exact) mass is 252 g/mol. The van der Waals surface area contributed by atoms with E-state index in [1.165, 1.54) is 7.11 Å². The molecule has 0 amide bonds. The minimum Gasteiger partial charge on any atom is -0.465 e. The van der Waals surface area contributed by atoms with E-state index >= 15 is 0 Å². The fourth-order valence-corrected chi connectivity index (χ4v) is 2.00. The molecule has 0 aromatic carbocycles. The molecule has 0 radical (unpaired) electrons. The predicted octanol–water partition coefficient (Wildman–Crippen LogP) is 2.73. The maximum atomic E-state index is 11.4. The molecule has 0 aliphatic heterocycles. The summed E-state index contributed by atoms with van der Waals surface area (Å²) < 4.78 is 6.53.